The monoisotopic (exact) mass is 420 g/mol. The summed E-state index contributed by atoms with van der Waals surface area (Å²) in [5.41, 5.74) is 0.957. The van der Waals surface area contributed by atoms with E-state index in [1.807, 2.05) is 0 Å². The van der Waals surface area contributed by atoms with Crippen LogP contribution in [-0.4, -0.2) is 39.2 Å². The van der Waals surface area contributed by atoms with Gasteiger partial charge in [0.1, 0.15) is 10.8 Å². The smallest absolute Gasteiger partial charge is 0.414 e. The maximum atomic E-state index is 12.1. The van der Waals surface area contributed by atoms with Crippen LogP contribution in [0.15, 0.2) is 18.9 Å². The van der Waals surface area contributed by atoms with Gasteiger partial charge in [-0.1, -0.05) is 17.7 Å². The standard InChI is InChI=1S/C20H25ClN4O4/c1-6-8-9-13-15-16(12(11-22-13)10-14(26)28-7-2)23-18(24-17(15)21)25-19(27)29-20(3,4)5/h6,11H,1,7-10H2,2-5H3,(H,23,24,25,27). The maximum Gasteiger partial charge on any atom is 0.414 e. The fraction of sp³-hybridized carbons (Fsp3) is 0.450. The molecule has 0 aliphatic carbocycles. The van der Waals surface area contributed by atoms with E-state index in [2.05, 4.69) is 26.8 Å². The molecule has 2 aromatic heterocycles. The number of nitrogens with one attached hydrogen (secondary N) is 1. The molecule has 29 heavy (non-hydrogen) atoms. The van der Waals surface area contributed by atoms with Gasteiger partial charge in [-0.15, -0.1) is 6.58 Å². The highest BCUT2D eigenvalue weighted by Crippen LogP contribution is 2.28. The van der Waals surface area contributed by atoms with Gasteiger partial charge in [-0.05, 0) is 40.5 Å². The highest BCUT2D eigenvalue weighted by atomic mass is 35.5. The van der Waals surface area contributed by atoms with Gasteiger partial charge < -0.3 is 9.47 Å². The number of rotatable bonds is 7. The number of aromatic nitrogens is 3. The summed E-state index contributed by atoms with van der Waals surface area (Å²) in [6.07, 6.45) is 3.87. The lowest BCUT2D eigenvalue weighted by Gasteiger charge is -2.19. The van der Waals surface area contributed by atoms with Crippen LogP contribution >= 0.6 is 11.6 Å². The molecule has 9 heteroatoms. The Morgan fingerprint density at radius 3 is 2.66 bits per heavy atom. The van der Waals surface area contributed by atoms with Gasteiger partial charge >= 0.3 is 12.1 Å². The summed E-state index contributed by atoms with van der Waals surface area (Å²) in [6.45, 7) is 11.0. The number of halogens is 1. The number of carbonyl (C=O) groups is 2. The van der Waals surface area contributed by atoms with Crippen molar-refractivity contribution < 1.29 is 19.1 Å². The first-order valence-electron chi connectivity index (χ1n) is 9.25. The third kappa shape index (κ3) is 6.39. The van der Waals surface area contributed by atoms with E-state index in [-0.39, 0.29) is 24.1 Å². The van der Waals surface area contributed by atoms with Crippen LogP contribution in [0, 0.1) is 0 Å². The number of esters is 1. The fourth-order valence-electron chi connectivity index (χ4n) is 2.58. The first-order valence-corrected chi connectivity index (χ1v) is 9.63. The van der Waals surface area contributed by atoms with Gasteiger partial charge in [-0.3, -0.25) is 15.1 Å². The van der Waals surface area contributed by atoms with Gasteiger partial charge in [0, 0.05) is 11.8 Å². The molecule has 0 saturated carbocycles. The van der Waals surface area contributed by atoms with Crippen LogP contribution in [-0.2, 0) is 27.1 Å². The number of pyridine rings is 1. The van der Waals surface area contributed by atoms with E-state index in [4.69, 9.17) is 21.1 Å². The summed E-state index contributed by atoms with van der Waals surface area (Å²) in [5.74, 6) is -0.437. The Kier molecular flexibility index (Phi) is 7.50. The lowest BCUT2D eigenvalue weighted by atomic mass is 10.1. The van der Waals surface area contributed by atoms with E-state index < -0.39 is 17.7 Å². The summed E-state index contributed by atoms with van der Waals surface area (Å²) >= 11 is 6.41. The van der Waals surface area contributed by atoms with E-state index in [9.17, 15) is 9.59 Å². The predicted molar refractivity (Wildman–Crippen MR) is 111 cm³/mol. The molecule has 156 valence electrons. The molecule has 0 unspecified atom stereocenters. The second-order valence-electron chi connectivity index (χ2n) is 7.23. The number of anilines is 1. The Balaban J connectivity index is 2.50. The van der Waals surface area contributed by atoms with Crippen molar-refractivity contribution in [2.45, 2.75) is 52.6 Å². The summed E-state index contributed by atoms with van der Waals surface area (Å²) in [5, 5.41) is 3.14. The van der Waals surface area contributed by atoms with Gasteiger partial charge in [0.25, 0.3) is 0 Å². The van der Waals surface area contributed by atoms with Crippen molar-refractivity contribution in [3.05, 3.63) is 35.3 Å². The molecule has 0 bridgehead atoms. The van der Waals surface area contributed by atoms with Crippen LogP contribution < -0.4 is 5.32 Å². The van der Waals surface area contributed by atoms with Crippen LogP contribution in [0.5, 0.6) is 0 Å². The molecule has 2 aromatic rings. The molecule has 0 aliphatic rings. The van der Waals surface area contributed by atoms with Gasteiger partial charge in [0.15, 0.2) is 0 Å². The number of allylic oxidation sites excluding steroid dienone is 1. The molecule has 0 spiro atoms. The Bertz CT molecular complexity index is 925. The largest absolute Gasteiger partial charge is 0.466 e. The molecule has 2 rings (SSSR count). The van der Waals surface area contributed by atoms with Crippen LogP contribution in [0.1, 0.15) is 45.4 Å². The molecule has 0 fully saturated rings. The molecule has 1 N–H and O–H groups in total. The van der Waals surface area contributed by atoms with Crippen molar-refractivity contribution in [3.63, 3.8) is 0 Å². The Labute approximate surface area is 174 Å². The average molecular weight is 421 g/mol. The maximum absolute atomic E-state index is 12.1. The molecular weight excluding hydrogens is 396 g/mol. The first kappa shape index (κ1) is 22.5. The molecule has 0 aromatic carbocycles. The van der Waals surface area contributed by atoms with E-state index >= 15 is 0 Å². The zero-order chi connectivity index (χ0) is 21.6. The average Bonchev–Trinajstić information content (AvgIpc) is 2.59. The fourth-order valence-corrected chi connectivity index (χ4v) is 2.86. The second kappa shape index (κ2) is 9.65. The molecule has 0 saturated heterocycles. The van der Waals surface area contributed by atoms with Crippen LogP contribution in [0.3, 0.4) is 0 Å². The van der Waals surface area contributed by atoms with Crippen molar-refractivity contribution in [1.29, 1.82) is 0 Å². The number of ether oxygens (including phenoxy) is 2. The number of carbonyl (C=O) groups excluding carboxylic acids is 2. The second-order valence-corrected chi connectivity index (χ2v) is 7.59. The van der Waals surface area contributed by atoms with Gasteiger partial charge in [-0.2, -0.15) is 4.98 Å². The van der Waals surface area contributed by atoms with Crippen molar-refractivity contribution in [2.75, 3.05) is 11.9 Å². The topological polar surface area (TPSA) is 103 Å². The number of aryl methyl sites for hydroxylation is 1. The molecule has 2 heterocycles. The molecule has 0 aliphatic heterocycles. The van der Waals surface area contributed by atoms with Gasteiger partial charge in [-0.25, -0.2) is 9.78 Å². The lowest BCUT2D eigenvalue weighted by molar-refractivity contribution is -0.142. The number of nitrogens with zero attached hydrogens (tertiary/aromatic N) is 3. The molecule has 0 radical (unpaired) electrons. The Hall–Kier alpha value is -2.74. The zero-order valence-electron chi connectivity index (χ0n) is 17.0. The number of hydrogen-bond donors (Lipinski definition) is 1. The predicted octanol–water partition coefficient (Wildman–Crippen LogP) is 4.25. The van der Waals surface area contributed by atoms with Crippen molar-refractivity contribution >= 4 is 40.5 Å². The van der Waals surface area contributed by atoms with E-state index in [1.54, 1.807) is 40.0 Å². The van der Waals surface area contributed by atoms with Crippen LogP contribution in [0.2, 0.25) is 5.15 Å². The minimum atomic E-state index is -0.708. The molecule has 1 amide bonds. The zero-order valence-corrected chi connectivity index (χ0v) is 17.8. The van der Waals surface area contributed by atoms with E-state index in [0.29, 0.717) is 35.0 Å². The van der Waals surface area contributed by atoms with Crippen LogP contribution in [0.25, 0.3) is 10.9 Å². The van der Waals surface area contributed by atoms with Crippen molar-refractivity contribution in [1.82, 2.24) is 15.0 Å². The highest BCUT2D eigenvalue weighted by molar-refractivity contribution is 6.34. The number of amides is 1. The van der Waals surface area contributed by atoms with Crippen molar-refractivity contribution in [3.8, 4) is 0 Å². The third-order valence-corrected chi connectivity index (χ3v) is 3.95. The highest BCUT2D eigenvalue weighted by Gasteiger charge is 2.20. The molecule has 0 atom stereocenters. The minimum absolute atomic E-state index is 0.0253. The molecular formula is C20H25ClN4O4. The number of fused-ring (bicyclic) bond motifs is 1. The summed E-state index contributed by atoms with van der Waals surface area (Å²) in [6, 6.07) is 0. The van der Waals surface area contributed by atoms with E-state index in [0.717, 1.165) is 0 Å². The summed E-state index contributed by atoms with van der Waals surface area (Å²) in [7, 11) is 0. The summed E-state index contributed by atoms with van der Waals surface area (Å²) in [4.78, 5) is 37.1. The Morgan fingerprint density at radius 2 is 2.03 bits per heavy atom. The minimum Gasteiger partial charge on any atom is -0.466 e. The summed E-state index contributed by atoms with van der Waals surface area (Å²) < 4.78 is 10.3. The van der Waals surface area contributed by atoms with Crippen LogP contribution in [0.4, 0.5) is 10.7 Å². The third-order valence-electron chi connectivity index (χ3n) is 3.67. The Morgan fingerprint density at radius 1 is 1.31 bits per heavy atom. The van der Waals surface area contributed by atoms with Gasteiger partial charge in [0.05, 0.1) is 29.6 Å². The SMILES string of the molecule is C=CCCc1ncc(CC(=O)OCC)c2nc(NC(=O)OC(C)(C)C)nc(Cl)c12. The van der Waals surface area contributed by atoms with E-state index in [1.165, 1.54) is 0 Å². The number of hydrogen-bond acceptors (Lipinski definition) is 7. The van der Waals surface area contributed by atoms with Crippen molar-refractivity contribution in [2.24, 2.45) is 0 Å². The quantitative estimate of drug-likeness (QED) is 0.405. The molecule has 8 nitrogen and oxygen atoms in total. The normalized spacial score (nSPS) is 11.2. The van der Waals surface area contributed by atoms with Gasteiger partial charge in [0.2, 0.25) is 5.95 Å². The first-order chi connectivity index (χ1) is 13.6. The lowest BCUT2D eigenvalue weighted by Crippen LogP contribution is -2.27.